The molecule has 0 saturated carbocycles. The third kappa shape index (κ3) is 5.24. The van der Waals surface area contributed by atoms with Gasteiger partial charge in [-0.15, -0.1) is 0 Å². The van der Waals surface area contributed by atoms with Gasteiger partial charge in [-0.05, 0) is 6.92 Å². The molecule has 0 fully saturated rings. The smallest absolute Gasteiger partial charge is 0.221 e. The van der Waals surface area contributed by atoms with Gasteiger partial charge in [0.25, 0.3) is 0 Å². The lowest BCUT2D eigenvalue weighted by Crippen LogP contribution is -2.30. The van der Waals surface area contributed by atoms with Crippen LogP contribution >= 0.6 is 0 Å². The van der Waals surface area contributed by atoms with E-state index < -0.39 is 0 Å². The number of rotatable bonds is 4. The Morgan fingerprint density at radius 1 is 1.80 bits per heavy atom. The second-order valence-electron chi connectivity index (χ2n) is 2.10. The van der Waals surface area contributed by atoms with Gasteiger partial charge in [-0.25, -0.2) is 0 Å². The molecular weight excluding hydrogens is 132 g/mol. The highest BCUT2D eigenvalue weighted by molar-refractivity contribution is 5.78. The fourth-order valence-electron chi connectivity index (χ4n) is 0.499. The van der Waals surface area contributed by atoms with Crippen molar-refractivity contribution in [1.29, 1.82) is 0 Å². The Hall–Kier alpha value is -0.900. The van der Waals surface area contributed by atoms with Gasteiger partial charge in [-0.3, -0.25) is 9.59 Å². The summed E-state index contributed by atoms with van der Waals surface area (Å²) in [6.45, 7) is 1.68. The van der Waals surface area contributed by atoms with Crippen LogP contribution in [-0.2, 0) is 9.59 Å². The van der Waals surface area contributed by atoms with E-state index in [9.17, 15) is 9.59 Å². The normalized spacial score (nSPS) is 12.2. The van der Waals surface area contributed by atoms with Gasteiger partial charge >= 0.3 is 0 Å². The quantitative estimate of drug-likeness (QED) is 0.527. The predicted octanol–water partition coefficient (Wildman–Crippen LogP) is -1.05. The molecule has 0 aliphatic carbocycles. The number of nitrogens with one attached hydrogen (secondary N) is 1. The summed E-state index contributed by atoms with van der Waals surface area (Å²) in [5, 5.41) is 2.32. The first-order valence-corrected chi connectivity index (χ1v) is 3.04. The molecule has 0 bridgehead atoms. The zero-order chi connectivity index (χ0) is 7.98. The van der Waals surface area contributed by atoms with Crippen LogP contribution in [-0.4, -0.2) is 24.8 Å². The summed E-state index contributed by atoms with van der Waals surface area (Å²) in [5.41, 5.74) is 5.31. The standard InChI is InChI=1S/C6H11N2O2/c1-5(7)4-6(10)8-2-3-9/h5H,2,4,7H2,1H3,(H,8,10). The molecule has 1 radical (unpaired) electrons. The summed E-state index contributed by atoms with van der Waals surface area (Å²) in [6.07, 6.45) is 1.80. The largest absolute Gasteiger partial charge is 0.348 e. The topological polar surface area (TPSA) is 72.2 Å². The van der Waals surface area contributed by atoms with Gasteiger partial charge in [-0.2, -0.15) is 0 Å². The molecule has 0 spiro atoms. The van der Waals surface area contributed by atoms with Crippen LogP contribution in [0.1, 0.15) is 13.3 Å². The lowest BCUT2D eigenvalue weighted by Gasteiger charge is -2.02. The number of carbonyl (C=O) groups is 1. The van der Waals surface area contributed by atoms with E-state index in [1.165, 1.54) is 0 Å². The molecule has 1 amide bonds. The van der Waals surface area contributed by atoms with Crippen molar-refractivity contribution in [2.45, 2.75) is 19.4 Å². The maximum Gasteiger partial charge on any atom is 0.221 e. The van der Waals surface area contributed by atoms with Crippen LogP contribution in [0.4, 0.5) is 0 Å². The lowest BCUT2D eigenvalue weighted by atomic mass is 10.2. The highest BCUT2D eigenvalue weighted by atomic mass is 16.2. The number of nitrogens with two attached hydrogens (primary N) is 1. The minimum Gasteiger partial charge on any atom is -0.348 e. The van der Waals surface area contributed by atoms with Crippen molar-refractivity contribution in [2.24, 2.45) is 5.73 Å². The van der Waals surface area contributed by atoms with Crippen LogP contribution < -0.4 is 11.1 Å². The van der Waals surface area contributed by atoms with E-state index in [-0.39, 0.29) is 24.9 Å². The first kappa shape index (κ1) is 9.10. The molecule has 4 nitrogen and oxygen atoms in total. The molecule has 0 aliphatic heterocycles. The first-order valence-electron chi connectivity index (χ1n) is 3.04. The van der Waals surface area contributed by atoms with Gasteiger partial charge in [0.1, 0.15) is 0 Å². The minimum atomic E-state index is -0.210. The average molecular weight is 143 g/mol. The van der Waals surface area contributed by atoms with Crippen molar-refractivity contribution in [1.82, 2.24) is 5.32 Å². The molecule has 0 aromatic carbocycles. The first-order chi connectivity index (χ1) is 4.66. The zero-order valence-electron chi connectivity index (χ0n) is 5.89. The van der Waals surface area contributed by atoms with Gasteiger partial charge in [-0.1, -0.05) is 0 Å². The molecule has 57 valence electrons. The molecule has 0 aromatic rings. The maximum absolute atomic E-state index is 10.6. The van der Waals surface area contributed by atoms with Crippen LogP contribution in [0.5, 0.6) is 0 Å². The van der Waals surface area contributed by atoms with Gasteiger partial charge < -0.3 is 11.1 Å². The number of hydrogen-bond acceptors (Lipinski definition) is 3. The molecule has 0 saturated heterocycles. The Labute approximate surface area is 59.8 Å². The minimum absolute atomic E-state index is 0.0500. The number of amides is 1. The van der Waals surface area contributed by atoms with Crippen LogP contribution in [0, 0.1) is 0 Å². The van der Waals surface area contributed by atoms with Crippen molar-refractivity contribution in [3.05, 3.63) is 0 Å². The van der Waals surface area contributed by atoms with E-state index in [0.717, 1.165) is 0 Å². The second kappa shape index (κ2) is 4.93. The molecule has 3 N–H and O–H groups in total. The second-order valence-corrected chi connectivity index (χ2v) is 2.10. The molecule has 1 unspecified atom stereocenters. The number of carbonyl (C=O) groups excluding carboxylic acids is 2. The summed E-state index contributed by atoms with van der Waals surface area (Å²) < 4.78 is 0. The van der Waals surface area contributed by atoms with E-state index in [0.29, 0.717) is 0 Å². The number of hydrogen-bond donors (Lipinski definition) is 2. The predicted molar refractivity (Wildman–Crippen MR) is 37.0 cm³/mol. The summed E-state index contributed by atoms with van der Waals surface area (Å²) in [5.74, 6) is -0.210. The van der Waals surface area contributed by atoms with E-state index in [1.54, 1.807) is 13.2 Å². The van der Waals surface area contributed by atoms with E-state index in [4.69, 9.17) is 5.73 Å². The molecule has 0 aliphatic rings. The van der Waals surface area contributed by atoms with E-state index in [1.807, 2.05) is 0 Å². The summed E-state index contributed by atoms with van der Waals surface area (Å²) >= 11 is 0. The van der Waals surface area contributed by atoms with Crippen molar-refractivity contribution in [3.8, 4) is 0 Å². The Morgan fingerprint density at radius 3 is 2.80 bits per heavy atom. The maximum atomic E-state index is 10.6. The van der Waals surface area contributed by atoms with Gasteiger partial charge in [0.05, 0.1) is 6.54 Å². The highest BCUT2D eigenvalue weighted by Crippen LogP contribution is 1.83. The van der Waals surface area contributed by atoms with Crippen LogP contribution in [0.25, 0.3) is 0 Å². The van der Waals surface area contributed by atoms with E-state index in [2.05, 4.69) is 5.32 Å². The third-order valence-electron chi connectivity index (χ3n) is 0.865. The zero-order valence-corrected chi connectivity index (χ0v) is 5.89. The van der Waals surface area contributed by atoms with Gasteiger partial charge in [0.15, 0.2) is 0 Å². The van der Waals surface area contributed by atoms with Crippen LogP contribution in [0.2, 0.25) is 0 Å². The summed E-state index contributed by atoms with van der Waals surface area (Å²) in [6, 6.07) is -0.161. The van der Waals surface area contributed by atoms with Crippen molar-refractivity contribution >= 4 is 12.2 Å². The molecule has 4 heteroatoms. The third-order valence-corrected chi connectivity index (χ3v) is 0.865. The van der Waals surface area contributed by atoms with Crippen molar-refractivity contribution < 1.29 is 9.59 Å². The Kier molecular flexibility index (Phi) is 4.49. The SMILES string of the molecule is CC(N)CC(=O)NC[C]=O. The molecule has 0 aromatic heterocycles. The Morgan fingerprint density at radius 2 is 2.40 bits per heavy atom. The average Bonchev–Trinajstić information content (AvgIpc) is 1.82. The van der Waals surface area contributed by atoms with E-state index >= 15 is 0 Å². The Bertz CT molecular complexity index is 123. The molecule has 1 atom stereocenters. The fourth-order valence-corrected chi connectivity index (χ4v) is 0.499. The van der Waals surface area contributed by atoms with Crippen LogP contribution in [0.3, 0.4) is 0 Å². The molecule has 10 heavy (non-hydrogen) atoms. The van der Waals surface area contributed by atoms with Gasteiger partial charge in [0.2, 0.25) is 12.2 Å². The van der Waals surface area contributed by atoms with Crippen LogP contribution in [0.15, 0.2) is 0 Å². The lowest BCUT2D eigenvalue weighted by molar-refractivity contribution is -0.121. The summed E-state index contributed by atoms with van der Waals surface area (Å²) in [7, 11) is 0. The van der Waals surface area contributed by atoms with Gasteiger partial charge in [0, 0.05) is 12.5 Å². The molecular formula is C6H11N2O2. The van der Waals surface area contributed by atoms with Crippen molar-refractivity contribution in [2.75, 3.05) is 6.54 Å². The van der Waals surface area contributed by atoms with Crippen molar-refractivity contribution in [3.63, 3.8) is 0 Å². The monoisotopic (exact) mass is 143 g/mol. The fraction of sp³-hybridized carbons (Fsp3) is 0.667. The molecule has 0 rings (SSSR count). The summed E-state index contributed by atoms with van der Waals surface area (Å²) in [4.78, 5) is 20.3. The highest BCUT2D eigenvalue weighted by Gasteiger charge is 2.02. The molecule has 0 heterocycles. The Balaban J connectivity index is 3.34.